The molecule has 0 saturated heterocycles. The van der Waals surface area contributed by atoms with Crippen LogP contribution < -0.4 is 4.74 Å². The van der Waals surface area contributed by atoms with Crippen molar-refractivity contribution < 1.29 is 19.1 Å². The van der Waals surface area contributed by atoms with E-state index in [0.717, 1.165) is 5.56 Å². The van der Waals surface area contributed by atoms with E-state index in [-0.39, 0.29) is 12.2 Å². The van der Waals surface area contributed by atoms with Crippen LogP contribution in [0.1, 0.15) is 21.7 Å². The lowest BCUT2D eigenvalue weighted by atomic mass is 10.1. The van der Waals surface area contributed by atoms with Crippen molar-refractivity contribution in [3.63, 3.8) is 0 Å². The van der Waals surface area contributed by atoms with Gasteiger partial charge < -0.3 is 14.3 Å². The number of aryl methyl sites for hydroxylation is 1. The third-order valence-corrected chi connectivity index (χ3v) is 3.24. The maximum Gasteiger partial charge on any atom is 0.340 e. The Kier molecular flexibility index (Phi) is 3.36. The van der Waals surface area contributed by atoms with E-state index in [4.69, 9.17) is 9.15 Å². The van der Waals surface area contributed by atoms with E-state index in [9.17, 15) is 9.90 Å². The van der Waals surface area contributed by atoms with Crippen molar-refractivity contribution in [1.29, 1.82) is 0 Å². The Labute approximate surface area is 121 Å². The molecule has 0 aliphatic rings. The summed E-state index contributed by atoms with van der Waals surface area (Å²) in [6.07, 6.45) is 0. The first-order valence-electron chi connectivity index (χ1n) is 6.58. The Hall–Kier alpha value is -2.75. The standard InChI is InChI=1S/C17H14O4/c1-11-5-4-6-12(9-11)20-10-15-16(17(18)19)13-7-2-3-8-14(13)21-15/h2-9H,10H2,1H3,(H,18,19). The molecule has 2 aromatic carbocycles. The summed E-state index contributed by atoms with van der Waals surface area (Å²) in [4.78, 5) is 11.4. The lowest BCUT2D eigenvalue weighted by molar-refractivity contribution is 0.0693. The Balaban J connectivity index is 1.93. The molecule has 21 heavy (non-hydrogen) atoms. The van der Waals surface area contributed by atoms with Crippen molar-refractivity contribution in [1.82, 2.24) is 0 Å². The number of hydrogen-bond donors (Lipinski definition) is 1. The minimum Gasteiger partial charge on any atom is -0.486 e. The highest BCUT2D eigenvalue weighted by atomic mass is 16.5. The number of aromatic carboxylic acids is 1. The van der Waals surface area contributed by atoms with Crippen molar-refractivity contribution >= 4 is 16.9 Å². The summed E-state index contributed by atoms with van der Waals surface area (Å²) in [7, 11) is 0. The maximum absolute atomic E-state index is 11.4. The number of ether oxygens (including phenoxy) is 1. The highest BCUT2D eigenvalue weighted by Crippen LogP contribution is 2.27. The number of hydrogen-bond acceptors (Lipinski definition) is 3. The number of carbonyl (C=O) groups is 1. The van der Waals surface area contributed by atoms with Crippen LogP contribution in [0, 0.1) is 6.92 Å². The molecule has 0 aliphatic heterocycles. The van der Waals surface area contributed by atoms with Crippen molar-refractivity contribution in [2.24, 2.45) is 0 Å². The van der Waals surface area contributed by atoms with Gasteiger partial charge in [-0.2, -0.15) is 0 Å². The predicted octanol–water partition coefficient (Wildman–Crippen LogP) is 4.02. The van der Waals surface area contributed by atoms with Crippen molar-refractivity contribution in [2.75, 3.05) is 0 Å². The normalized spacial score (nSPS) is 10.7. The quantitative estimate of drug-likeness (QED) is 0.785. The van der Waals surface area contributed by atoms with Crippen LogP contribution >= 0.6 is 0 Å². The van der Waals surface area contributed by atoms with Gasteiger partial charge in [0, 0.05) is 5.39 Å². The maximum atomic E-state index is 11.4. The van der Waals surface area contributed by atoms with Crippen LogP contribution in [0.3, 0.4) is 0 Å². The molecule has 4 nitrogen and oxygen atoms in total. The van der Waals surface area contributed by atoms with Crippen LogP contribution in [0.2, 0.25) is 0 Å². The lowest BCUT2D eigenvalue weighted by Crippen LogP contribution is -2.03. The van der Waals surface area contributed by atoms with Crippen LogP contribution in [-0.4, -0.2) is 11.1 Å². The van der Waals surface area contributed by atoms with E-state index in [0.29, 0.717) is 22.5 Å². The van der Waals surface area contributed by atoms with Gasteiger partial charge in [-0.15, -0.1) is 0 Å². The first kappa shape index (κ1) is 13.2. The summed E-state index contributed by atoms with van der Waals surface area (Å²) in [5, 5.41) is 9.97. The van der Waals surface area contributed by atoms with Crippen molar-refractivity contribution in [3.8, 4) is 5.75 Å². The van der Waals surface area contributed by atoms with Crippen LogP contribution in [0.5, 0.6) is 5.75 Å². The minimum absolute atomic E-state index is 0.0831. The van der Waals surface area contributed by atoms with Crippen molar-refractivity contribution in [3.05, 3.63) is 65.4 Å². The van der Waals surface area contributed by atoms with Gasteiger partial charge in [-0.25, -0.2) is 4.79 Å². The van der Waals surface area contributed by atoms with Gasteiger partial charge in [0.1, 0.15) is 23.5 Å². The zero-order chi connectivity index (χ0) is 14.8. The molecule has 0 unspecified atom stereocenters. The number of para-hydroxylation sites is 1. The topological polar surface area (TPSA) is 59.7 Å². The van der Waals surface area contributed by atoms with Gasteiger partial charge in [-0.05, 0) is 30.7 Å². The van der Waals surface area contributed by atoms with E-state index in [1.165, 1.54) is 0 Å². The Morgan fingerprint density at radius 1 is 1.19 bits per heavy atom. The van der Waals surface area contributed by atoms with E-state index in [1.807, 2.05) is 37.3 Å². The molecule has 3 rings (SSSR count). The third kappa shape index (κ3) is 2.60. The van der Waals surface area contributed by atoms with Gasteiger partial charge in [0.05, 0.1) is 0 Å². The van der Waals surface area contributed by atoms with E-state index >= 15 is 0 Å². The predicted molar refractivity (Wildman–Crippen MR) is 78.7 cm³/mol. The third-order valence-electron chi connectivity index (χ3n) is 3.24. The monoisotopic (exact) mass is 282 g/mol. The van der Waals surface area contributed by atoms with Crippen molar-refractivity contribution in [2.45, 2.75) is 13.5 Å². The molecule has 0 aliphatic carbocycles. The fourth-order valence-corrected chi connectivity index (χ4v) is 2.29. The second kappa shape index (κ2) is 5.32. The molecular weight excluding hydrogens is 268 g/mol. The molecule has 0 spiro atoms. The highest BCUT2D eigenvalue weighted by Gasteiger charge is 2.20. The van der Waals surface area contributed by atoms with Gasteiger partial charge in [-0.1, -0.05) is 30.3 Å². The summed E-state index contributed by atoms with van der Waals surface area (Å²) < 4.78 is 11.2. The fourth-order valence-electron chi connectivity index (χ4n) is 2.29. The molecule has 106 valence electrons. The molecule has 1 N–H and O–H groups in total. The molecule has 0 amide bonds. The number of benzene rings is 2. The number of furan rings is 1. The second-order valence-corrected chi connectivity index (χ2v) is 4.81. The smallest absolute Gasteiger partial charge is 0.340 e. The first-order valence-corrected chi connectivity index (χ1v) is 6.58. The Morgan fingerprint density at radius 2 is 2.00 bits per heavy atom. The Bertz CT molecular complexity index is 801. The lowest BCUT2D eigenvalue weighted by Gasteiger charge is -2.05. The summed E-state index contributed by atoms with van der Waals surface area (Å²) >= 11 is 0. The first-order chi connectivity index (χ1) is 10.1. The summed E-state index contributed by atoms with van der Waals surface area (Å²) in [5.74, 6) is -0.000191. The summed E-state index contributed by atoms with van der Waals surface area (Å²) in [6.45, 7) is 2.05. The molecule has 1 heterocycles. The highest BCUT2D eigenvalue weighted by molar-refractivity contribution is 6.03. The Morgan fingerprint density at radius 3 is 2.76 bits per heavy atom. The van der Waals surface area contributed by atoms with Gasteiger partial charge in [0.15, 0.2) is 5.76 Å². The zero-order valence-corrected chi connectivity index (χ0v) is 11.5. The van der Waals surface area contributed by atoms with Gasteiger partial charge in [0.2, 0.25) is 0 Å². The molecule has 1 aromatic heterocycles. The zero-order valence-electron chi connectivity index (χ0n) is 11.5. The SMILES string of the molecule is Cc1cccc(OCc2oc3ccccc3c2C(=O)O)c1. The largest absolute Gasteiger partial charge is 0.486 e. The molecule has 4 heteroatoms. The molecular formula is C17H14O4. The molecule has 3 aromatic rings. The number of carboxylic acid groups (broad SMARTS) is 1. The molecule has 0 bridgehead atoms. The summed E-state index contributed by atoms with van der Waals surface area (Å²) in [6, 6.07) is 14.7. The number of carboxylic acids is 1. The van der Waals surface area contributed by atoms with E-state index in [2.05, 4.69) is 0 Å². The molecule has 0 saturated carbocycles. The van der Waals surface area contributed by atoms with Gasteiger partial charge in [-0.3, -0.25) is 0 Å². The van der Waals surface area contributed by atoms with Crippen LogP contribution in [0.15, 0.2) is 52.9 Å². The summed E-state index contributed by atoms with van der Waals surface area (Å²) in [5.41, 5.74) is 1.80. The molecule has 0 radical (unpaired) electrons. The van der Waals surface area contributed by atoms with Gasteiger partial charge in [0.25, 0.3) is 0 Å². The fraction of sp³-hybridized carbons (Fsp3) is 0.118. The number of fused-ring (bicyclic) bond motifs is 1. The average Bonchev–Trinajstić information content (AvgIpc) is 2.83. The van der Waals surface area contributed by atoms with E-state index < -0.39 is 5.97 Å². The van der Waals surface area contributed by atoms with Crippen LogP contribution in [-0.2, 0) is 6.61 Å². The molecule has 0 atom stereocenters. The molecule has 0 fully saturated rings. The second-order valence-electron chi connectivity index (χ2n) is 4.81. The van der Waals surface area contributed by atoms with Crippen LogP contribution in [0.25, 0.3) is 11.0 Å². The minimum atomic E-state index is -1.01. The average molecular weight is 282 g/mol. The van der Waals surface area contributed by atoms with Gasteiger partial charge >= 0.3 is 5.97 Å². The number of rotatable bonds is 4. The van der Waals surface area contributed by atoms with E-state index in [1.54, 1.807) is 18.2 Å². The van der Waals surface area contributed by atoms with Crippen LogP contribution in [0.4, 0.5) is 0 Å².